The van der Waals surface area contributed by atoms with Crippen LogP contribution in [-0.2, 0) is 0 Å². The van der Waals surface area contributed by atoms with Crippen LogP contribution in [0.4, 0.5) is 0 Å². The Morgan fingerprint density at radius 2 is 1.62 bits per heavy atom. The summed E-state index contributed by atoms with van der Waals surface area (Å²) in [5, 5.41) is 19.9. The highest BCUT2D eigenvalue weighted by atomic mass is 16.5. The van der Waals surface area contributed by atoms with Crippen molar-refractivity contribution in [3.05, 3.63) is 41.5 Å². The Bertz CT molecular complexity index is 771. The first kappa shape index (κ1) is 17.4. The van der Waals surface area contributed by atoms with Crippen molar-refractivity contribution in [2.75, 3.05) is 20.8 Å². The molecule has 0 atom stereocenters. The Balaban J connectivity index is 2.32. The standard InChI is InChI=1S/C19H20O5/c1-4-9-24-19-12-15(20)14(11-18(19)23-3)7-5-13-6-8-17(22-2)16(21)10-13/h6,8,10-12,20-21H,4,9H2,1-3H3. The van der Waals surface area contributed by atoms with Gasteiger partial charge in [0.25, 0.3) is 0 Å². The molecule has 126 valence electrons. The Morgan fingerprint density at radius 1 is 0.875 bits per heavy atom. The van der Waals surface area contributed by atoms with Crippen LogP contribution in [0.5, 0.6) is 28.7 Å². The molecule has 0 aliphatic rings. The van der Waals surface area contributed by atoms with Gasteiger partial charge >= 0.3 is 0 Å². The van der Waals surface area contributed by atoms with Crippen LogP contribution < -0.4 is 14.2 Å². The molecule has 2 aromatic carbocycles. The molecule has 0 unspecified atom stereocenters. The van der Waals surface area contributed by atoms with Gasteiger partial charge in [-0.05, 0) is 24.6 Å². The molecular weight excluding hydrogens is 308 g/mol. The first-order valence-electron chi connectivity index (χ1n) is 7.51. The van der Waals surface area contributed by atoms with Crippen LogP contribution in [0.15, 0.2) is 30.3 Å². The van der Waals surface area contributed by atoms with Crippen LogP contribution in [-0.4, -0.2) is 31.0 Å². The quantitative estimate of drug-likeness (QED) is 0.824. The fourth-order valence-corrected chi connectivity index (χ4v) is 2.04. The lowest BCUT2D eigenvalue weighted by molar-refractivity contribution is 0.292. The van der Waals surface area contributed by atoms with Gasteiger partial charge in [0.15, 0.2) is 23.0 Å². The van der Waals surface area contributed by atoms with E-state index >= 15 is 0 Å². The minimum atomic E-state index is 0.00661. The Labute approximate surface area is 141 Å². The van der Waals surface area contributed by atoms with E-state index in [2.05, 4.69) is 11.8 Å². The molecule has 0 bridgehead atoms. The molecule has 0 aromatic heterocycles. The van der Waals surface area contributed by atoms with E-state index in [-0.39, 0.29) is 11.5 Å². The van der Waals surface area contributed by atoms with Gasteiger partial charge in [-0.25, -0.2) is 0 Å². The SMILES string of the molecule is CCCOc1cc(O)c(C#Cc2ccc(OC)c(O)c2)cc1OC. The third kappa shape index (κ3) is 4.05. The Morgan fingerprint density at radius 3 is 2.25 bits per heavy atom. The van der Waals surface area contributed by atoms with Crippen molar-refractivity contribution in [3.8, 4) is 40.6 Å². The van der Waals surface area contributed by atoms with Crippen LogP contribution >= 0.6 is 0 Å². The topological polar surface area (TPSA) is 68.2 Å². The number of ether oxygens (including phenoxy) is 3. The minimum Gasteiger partial charge on any atom is -0.506 e. The summed E-state index contributed by atoms with van der Waals surface area (Å²) in [4.78, 5) is 0. The van der Waals surface area contributed by atoms with Crippen molar-refractivity contribution >= 4 is 0 Å². The summed E-state index contributed by atoms with van der Waals surface area (Å²) in [6.07, 6.45) is 0.854. The number of phenolic OH excluding ortho intramolecular Hbond substituents is 2. The molecule has 0 saturated carbocycles. The minimum absolute atomic E-state index is 0.00661. The van der Waals surface area contributed by atoms with E-state index in [1.165, 1.54) is 26.4 Å². The molecule has 0 saturated heterocycles. The van der Waals surface area contributed by atoms with Crippen LogP contribution in [0.25, 0.3) is 0 Å². The van der Waals surface area contributed by atoms with Gasteiger partial charge in [-0.3, -0.25) is 0 Å². The Kier molecular flexibility index (Phi) is 5.80. The molecule has 2 rings (SSSR count). The van der Waals surface area contributed by atoms with Crippen molar-refractivity contribution < 1.29 is 24.4 Å². The summed E-state index contributed by atoms with van der Waals surface area (Å²) in [6, 6.07) is 7.96. The van der Waals surface area contributed by atoms with Crippen LogP contribution in [0.3, 0.4) is 0 Å². The number of aromatic hydroxyl groups is 2. The second-order valence-electron chi connectivity index (χ2n) is 5.01. The highest BCUT2D eigenvalue weighted by Gasteiger charge is 2.10. The molecule has 0 heterocycles. The van der Waals surface area contributed by atoms with Crippen molar-refractivity contribution in [2.45, 2.75) is 13.3 Å². The van der Waals surface area contributed by atoms with E-state index in [4.69, 9.17) is 14.2 Å². The van der Waals surface area contributed by atoms with E-state index < -0.39 is 0 Å². The average molecular weight is 328 g/mol. The molecular formula is C19H20O5. The zero-order valence-electron chi connectivity index (χ0n) is 13.9. The molecule has 2 aromatic rings. The van der Waals surface area contributed by atoms with Crippen LogP contribution in [0.2, 0.25) is 0 Å². The summed E-state index contributed by atoms with van der Waals surface area (Å²) < 4.78 is 15.8. The van der Waals surface area contributed by atoms with E-state index in [0.717, 1.165) is 6.42 Å². The predicted octanol–water partition coefficient (Wildman–Crippen LogP) is 3.30. The van der Waals surface area contributed by atoms with E-state index in [1.54, 1.807) is 18.2 Å². The molecule has 0 amide bonds. The molecule has 0 aliphatic heterocycles. The number of benzene rings is 2. The molecule has 2 N–H and O–H groups in total. The number of hydrogen-bond acceptors (Lipinski definition) is 5. The zero-order valence-corrected chi connectivity index (χ0v) is 13.9. The number of hydrogen-bond donors (Lipinski definition) is 2. The van der Waals surface area contributed by atoms with E-state index in [0.29, 0.717) is 35.0 Å². The first-order chi connectivity index (χ1) is 11.6. The van der Waals surface area contributed by atoms with Gasteiger partial charge in [-0.1, -0.05) is 18.8 Å². The second kappa shape index (κ2) is 8.02. The normalized spacial score (nSPS) is 9.79. The highest BCUT2D eigenvalue weighted by molar-refractivity contribution is 5.58. The van der Waals surface area contributed by atoms with Crippen molar-refractivity contribution in [1.29, 1.82) is 0 Å². The molecule has 0 spiro atoms. The van der Waals surface area contributed by atoms with Gasteiger partial charge < -0.3 is 24.4 Å². The summed E-state index contributed by atoms with van der Waals surface area (Å²) in [6.45, 7) is 2.53. The maximum Gasteiger partial charge on any atom is 0.164 e. The van der Waals surface area contributed by atoms with Gasteiger partial charge in [0.05, 0.1) is 26.4 Å². The van der Waals surface area contributed by atoms with Crippen molar-refractivity contribution in [1.82, 2.24) is 0 Å². The van der Waals surface area contributed by atoms with Crippen molar-refractivity contribution in [3.63, 3.8) is 0 Å². The Hall–Kier alpha value is -3.00. The smallest absolute Gasteiger partial charge is 0.164 e. The van der Waals surface area contributed by atoms with Gasteiger partial charge in [-0.2, -0.15) is 0 Å². The average Bonchev–Trinajstić information content (AvgIpc) is 2.59. The monoisotopic (exact) mass is 328 g/mol. The molecule has 5 heteroatoms. The fourth-order valence-electron chi connectivity index (χ4n) is 2.04. The van der Waals surface area contributed by atoms with Gasteiger partial charge in [0.1, 0.15) is 5.75 Å². The fraction of sp³-hybridized carbons (Fsp3) is 0.263. The highest BCUT2D eigenvalue weighted by Crippen LogP contribution is 2.34. The molecule has 5 nitrogen and oxygen atoms in total. The van der Waals surface area contributed by atoms with Gasteiger partial charge in [-0.15, -0.1) is 0 Å². The first-order valence-corrected chi connectivity index (χ1v) is 7.51. The third-order valence-electron chi connectivity index (χ3n) is 3.26. The van der Waals surface area contributed by atoms with Crippen LogP contribution in [0, 0.1) is 11.8 Å². The van der Waals surface area contributed by atoms with Crippen molar-refractivity contribution in [2.24, 2.45) is 0 Å². The van der Waals surface area contributed by atoms with Gasteiger partial charge in [0.2, 0.25) is 0 Å². The maximum absolute atomic E-state index is 10.1. The summed E-state index contributed by atoms with van der Waals surface area (Å²) in [7, 11) is 3.01. The number of rotatable bonds is 5. The lowest BCUT2D eigenvalue weighted by Gasteiger charge is -2.11. The summed E-state index contributed by atoms with van der Waals surface area (Å²) >= 11 is 0. The molecule has 24 heavy (non-hydrogen) atoms. The summed E-state index contributed by atoms with van der Waals surface area (Å²) in [5.74, 6) is 7.12. The third-order valence-corrected chi connectivity index (χ3v) is 3.26. The second-order valence-corrected chi connectivity index (χ2v) is 5.01. The lowest BCUT2D eigenvalue weighted by atomic mass is 10.1. The molecule has 0 aliphatic carbocycles. The number of methoxy groups -OCH3 is 2. The molecule has 0 radical (unpaired) electrons. The number of phenols is 2. The summed E-state index contributed by atoms with van der Waals surface area (Å²) in [5.41, 5.74) is 1.00. The van der Waals surface area contributed by atoms with E-state index in [1.807, 2.05) is 6.92 Å². The van der Waals surface area contributed by atoms with E-state index in [9.17, 15) is 10.2 Å². The predicted molar refractivity (Wildman–Crippen MR) is 91.1 cm³/mol. The van der Waals surface area contributed by atoms with Gasteiger partial charge in [0, 0.05) is 17.7 Å². The lowest BCUT2D eigenvalue weighted by Crippen LogP contribution is -1.98. The zero-order chi connectivity index (χ0) is 17.5. The molecule has 0 fully saturated rings. The largest absolute Gasteiger partial charge is 0.506 e. The van der Waals surface area contributed by atoms with Crippen LogP contribution in [0.1, 0.15) is 24.5 Å². The maximum atomic E-state index is 10.1.